The van der Waals surface area contributed by atoms with E-state index in [2.05, 4.69) is 18.7 Å². The average Bonchev–Trinajstić information content (AvgIpc) is 2.13. The molecule has 4 heteroatoms. The molecule has 2 atom stereocenters. The Morgan fingerprint density at radius 1 is 1.47 bits per heavy atom. The van der Waals surface area contributed by atoms with Crippen molar-refractivity contribution in [1.29, 1.82) is 0 Å². The summed E-state index contributed by atoms with van der Waals surface area (Å²) in [6.45, 7) is 12.5. The van der Waals surface area contributed by atoms with Crippen LogP contribution in [0.5, 0.6) is 0 Å². The topological polar surface area (TPSA) is 52.9 Å². The van der Waals surface area contributed by atoms with Gasteiger partial charge in [-0.15, -0.1) is 0 Å². The lowest BCUT2D eigenvalue weighted by Gasteiger charge is -2.45. The van der Waals surface area contributed by atoms with Gasteiger partial charge in [-0.25, -0.2) is 0 Å². The zero-order valence-corrected chi connectivity index (χ0v) is 11.7. The minimum absolute atomic E-state index is 0.0506. The second-order valence-electron chi connectivity index (χ2n) is 6.52. The number of ether oxygens (including phenoxy) is 1. The molecule has 0 aromatic carbocycles. The molecule has 1 saturated heterocycles. The van der Waals surface area contributed by atoms with Crippen molar-refractivity contribution >= 4 is 0 Å². The number of morpholine rings is 1. The standard InChI is InChI=1S/C13H27NO3/c1-10(16)12(2,3)8-14-6-11(7-15)17-13(4,5)9-14/h10-11,15-16H,6-9H2,1-5H3. The summed E-state index contributed by atoms with van der Waals surface area (Å²) in [6, 6.07) is 0. The number of aliphatic hydroxyl groups is 2. The third kappa shape index (κ3) is 4.21. The van der Waals surface area contributed by atoms with Crippen molar-refractivity contribution in [3.8, 4) is 0 Å². The highest BCUT2D eigenvalue weighted by atomic mass is 16.5. The normalized spacial score (nSPS) is 28.1. The minimum atomic E-state index is -0.346. The van der Waals surface area contributed by atoms with Gasteiger partial charge in [-0.1, -0.05) is 13.8 Å². The third-order valence-corrected chi connectivity index (χ3v) is 3.52. The number of hydrogen-bond acceptors (Lipinski definition) is 4. The monoisotopic (exact) mass is 245 g/mol. The summed E-state index contributed by atoms with van der Waals surface area (Å²) in [5, 5.41) is 19.0. The van der Waals surface area contributed by atoms with Gasteiger partial charge in [-0.3, -0.25) is 4.90 Å². The molecular weight excluding hydrogens is 218 g/mol. The Morgan fingerprint density at radius 2 is 2.06 bits per heavy atom. The second-order valence-corrected chi connectivity index (χ2v) is 6.52. The molecule has 1 aliphatic rings. The summed E-state index contributed by atoms with van der Waals surface area (Å²) < 4.78 is 5.77. The fraction of sp³-hybridized carbons (Fsp3) is 1.00. The van der Waals surface area contributed by atoms with E-state index in [1.165, 1.54) is 0 Å². The van der Waals surface area contributed by atoms with Crippen LogP contribution in [0.1, 0.15) is 34.6 Å². The van der Waals surface area contributed by atoms with E-state index >= 15 is 0 Å². The van der Waals surface area contributed by atoms with Crippen LogP contribution < -0.4 is 0 Å². The van der Waals surface area contributed by atoms with Crippen molar-refractivity contribution in [3.63, 3.8) is 0 Å². The maximum Gasteiger partial charge on any atom is 0.0940 e. The molecule has 0 spiro atoms. The smallest absolute Gasteiger partial charge is 0.0940 e. The minimum Gasteiger partial charge on any atom is -0.394 e. The van der Waals surface area contributed by atoms with Gasteiger partial charge < -0.3 is 14.9 Å². The molecule has 1 heterocycles. The van der Waals surface area contributed by atoms with Gasteiger partial charge in [0.05, 0.1) is 24.4 Å². The quantitative estimate of drug-likeness (QED) is 0.771. The van der Waals surface area contributed by atoms with Crippen molar-refractivity contribution in [2.24, 2.45) is 5.41 Å². The van der Waals surface area contributed by atoms with Crippen LogP contribution >= 0.6 is 0 Å². The number of hydrogen-bond donors (Lipinski definition) is 2. The van der Waals surface area contributed by atoms with Crippen LogP contribution in [0.4, 0.5) is 0 Å². The molecule has 0 aromatic rings. The first-order valence-corrected chi connectivity index (χ1v) is 6.35. The highest BCUT2D eigenvalue weighted by molar-refractivity contribution is 4.88. The van der Waals surface area contributed by atoms with E-state index in [4.69, 9.17) is 4.74 Å². The van der Waals surface area contributed by atoms with Crippen LogP contribution in [0.25, 0.3) is 0 Å². The van der Waals surface area contributed by atoms with Crippen LogP contribution in [0.2, 0.25) is 0 Å². The molecule has 0 amide bonds. The van der Waals surface area contributed by atoms with Gasteiger partial charge in [0.2, 0.25) is 0 Å². The van der Waals surface area contributed by atoms with E-state index < -0.39 is 0 Å². The molecule has 0 aromatic heterocycles. The Kier molecular flexibility index (Phi) is 4.58. The van der Waals surface area contributed by atoms with Gasteiger partial charge in [0.25, 0.3) is 0 Å². The van der Waals surface area contributed by atoms with E-state index in [0.717, 1.165) is 19.6 Å². The first kappa shape index (κ1) is 14.9. The lowest BCUT2D eigenvalue weighted by molar-refractivity contribution is -0.156. The van der Waals surface area contributed by atoms with E-state index in [0.29, 0.717) is 0 Å². The lowest BCUT2D eigenvalue weighted by atomic mass is 9.86. The van der Waals surface area contributed by atoms with Gasteiger partial charge in [-0.05, 0) is 20.8 Å². The highest BCUT2D eigenvalue weighted by Crippen LogP contribution is 2.27. The summed E-state index contributed by atoms with van der Waals surface area (Å²) in [7, 11) is 0. The fourth-order valence-electron chi connectivity index (χ4n) is 2.34. The Balaban J connectivity index is 2.65. The average molecular weight is 245 g/mol. The van der Waals surface area contributed by atoms with Crippen molar-refractivity contribution in [3.05, 3.63) is 0 Å². The number of rotatable bonds is 4. The predicted molar refractivity (Wildman–Crippen MR) is 67.9 cm³/mol. The summed E-state index contributed by atoms with van der Waals surface area (Å²) in [4.78, 5) is 2.27. The van der Waals surface area contributed by atoms with Crippen LogP contribution in [0.3, 0.4) is 0 Å². The maximum absolute atomic E-state index is 9.76. The molecule has 0 aliphatic carbocycles. The predicted octanol–water partition coefficient (Wildman–Crippen LogP) is 0.865. The lowest BCUT2D eigenvalue weighted by Crippen LogP contribution is -2.56. The van der Waals surface area contributed by atoms with Crippen molar-refractivity contribution in [1.82, 2.24) is 4.90 Å². The van der Waals surface area contributed by atoms with E-state index in [-0.39, 0.29) is 29.8 Å². The first-order valence-electron chi connectivity index (χ1n) is 6.35. The van der Waals surface area contributed by atoms with Crippen LogP contribution in [0.15, 0.2) is 0 Å². The Labute approximate surface area is 105 Å². The number of nitrogens with zero attached hydrogens (tertiary/aromatic N) is 1. The molecule has 2 unspecified atom stereocenters. The molecule has 4 nitrogen and oxygen atoms in total. The van der Waals surface area contributed by atoms with Gasteiger partial charge in [0.15, 0.2) is 0 Å². The number of aliphatic hydroxyl groups excluding tert-OH is 2. The van der Waals surface area contributed by atoms with E-state index in [9.17, 15) is 10.2 Å². The molecule has 17 heavy (non-hydrogen) atoms. The summed E-state index contributed by atoms with van der Waals surface area (Å²) in [5.74, 6) is 0. The van der Waals surface area contributed by atoms with Crippen molar-refractivity contribution < 1.29 is 14.9 Å². The van der Waals surface area contributed by atoms with Gasteiger partial charge >= 0.3 is 0 Å². The van der Waals surface area contributed by atoms with Crippen molar-refractivity contribution in [2.75, 3.05) is 26.2 Å². The fourth-order valence-corrected chi connectivity index (χ4v) is 2.34. The Hall–Kier alpha value is -0.160. The summed E-state index contributed by atoms with van der Waals surface area (Å²) >= 11 is 0. The van der Waals surface area contributed by atoms with Crippen molar-refractivity contribution in [2.45, 2.75) is 52.4 Å². The summed E-state index contributed by atoms with van der Waals surface area (Å²) in [6.07, 6.45) is -0.468. The molecule has 1 aliphatic heterocycles. The van der Waals surface area contributed by atoms with Gasteiger partial charge in [0, 0.05) is 25.0 Å². The zero-order chi connectivity index (χ0) is 13.3. The largest absolute Gasteiger partial charge is 0.394 e. The third-order valence-electron chi connectivity index (χ3n) is 3.52. The Bertz CT molecular complexity index is 251. The van der Waals surface area contributed by atoms with Gasteiger partial charge in [0.1, 0.15) is 0 Å². The van der Waals surface area contributed by atoms with Crippen LogP contribution in [-0.4, -0.2) is 59.2 Å². The van der Waals surface area contributed by atoms with Crippen LogP contribution in [0, 0.1) is 5.41 Å². The maximum atomic E-state index is 9.76. The molecule has 102 valence electrons. The summed E-state index contributed by atoms with van der Waals surface area (Å²) in [5.41, 5.74) is -0.381. The Morgan fingerprint density at radius 3 is 2.53 bits per heavy atom. The van der Waals surface area contributed by atoms with Gasteiger partial charge in [-0.2, -0.15) is 0 Å². The van der Waals surface area contributed by atoms with Crippen LogP contribution in [-0.2, 0) is 4.74 Å². The molecule has 0 radical (unpaired) electrons. The highest BCUT2D eigenvalue weighted by Gasteiger charge is 2.36. The SMILES string of the molecule is CC(O)C(C)(C)CN1CC(CO)OC(C)(C)C1. The zero-order valence-electron chi connectivity index (χ0n) is 11.7. The first-order chi connectivity index (χ1) is 7.66. The molecule has 0 saturated carbocycles. The molecule has 1 fully saturated rings. The van der Waals surface area contributed by atoms with E-state index in [1.807, 2.05) is 20.8 Å². The molecule has 0 bridgehead atoms. The molecular formula is C13H27NO3. The molecule has 2 N–H and O–H groups in total. The van der Waals surface area contributed by atoms with E-state index in [1.54, 1.807) is 0 Å². The second kappa shape index (κ2) is 5.22. The molecule has 1 rings (SSSR count).